The third-order valence-corrected chi connectivity index (χ3v) is 3.65. The van der Waals surface area contributed by atoms with Crippen molar-refractivity contribution in [3.05, 3.63) is 35.4 Å². The van der Waals surface area contributed by atoms with Crippen LogP contribution in [0.2, 0.25) is 0 Å². The Balaban J connectivity index is 1.87. The molecule has 1 aromatic carbocycles. The van der Waals surface area contributed by atoms with E-state index in [4.69, 9.17) is 10.5 Å². The predicted octanol–water partition coefficient (Wildman–Crippen LogP) is 1.37. The highest BCUT2D eigenvalue weighted by Gasteiger charge is 2.29. The van der Waals surface area contributed by atoms with E-state index in [9.17, 15) is 4.79 Å². The highest BCUT2D eigenvalue weighted by molar-refractivity contribution is 5.79. The molecule has 1 atom stereocenters. The summed E-state index contributed by atoms with van der Waals surface area (Å²) in [7, 11) is 0. The lowest BCUT2D eigenvalue weighted by molar-refractivity contribution is -0.121. The second-order valence-electron chi connectivity index (χ2n) is 5.33. The molecule has 1 aromatic rings. The van der Waals surface area contributed by atoms with Crippen molar-refractivity contribution in [2.24, 2.45) is 5.73 Å². The molecule has 1 saturated heterocycles. The van der Waals surface area contributed by atoms with Crippen molar-refractivity contribution >= 4 is 5.91 Å². The van der Waals surface area contributed by atoms with E-state index in [2.05, 4.69) is 5.32 Å². The van der Waals surface area contributed by atoms with Gasteiger partial charge in [-0.1, -0.05) is 24.3 Å². The van der Waals surface area contributed by atoms with Crippen molar-refractivity contribution < 1.29 is 9.53 Å². The van der Waals surface area contributed by atoms with Crippen molar-refractivity contribution in [3.63, 3.8) is 0 Å². The smallest absolute Gasteiger partial charge is 0.224 e. The number of benzene rings is 1. The molecule has 1 unspecified atom stereocenters. The Morgan fingerprint density at radius 2 is 2.16 bits per heavy atom. The molecule has 19 heavy (non-hydrogen) atoms. The Morgan fingerprint density at radius 3 is 2.79 bits per heavy atom. The largest absolute Gasteiger partial charge is 0.373 e. The van der Waals surface area contributed by atoms with Gasteiger partial charge in [-0.2, -0.15) is 0 Å². The standard InChI is InChI=1S/C15H22N2O2/c1-15(7-4-8-19-15)11-17-14(18)9-12-5-2-3-6-13(12)10-16/h2-3,5-6H,4,7-11,16H2,1H3,(H,17,18). The van der Waals surface area contributed by atoms with Gasteiger partial charge in [0.05, 0.1) is 12.0 Å². The molecule has 0 aromatic heterocycles. The van der Waals surface area contributed by atoms with E-state index in [0.29, 0.717) is 19.5 Å². The van der Waals surface area contributed by atoms with Crippen molar-refractivity contribution in [2.75, 3.05) is 13.2 Å². The molecule has 2 rings (SSSR count). The minimum atomic E-state index is -0.191. The molecule has 0 bridgehead atoms. The molecular weight excluding hydrogens is 240 g/mol. The van der Waals surface area contributed by atoms with Crippen molar-refractivity contribution in [1.82, 2.24) is 5.32 Å². The maximum Gasteiger partial charge on any atom is 0.224 e. The van der Waals surface area contributed by atoms with Crippen LogP contribution in [0.5, 0.6) is 0 Å². The van der Waals surface area contributed by atoms with Crippen LogP contribution in [-0.4, -0.2) is 24.7 Å². The van der Waals surface area contributed by atoms with E-state index in [1.54, 1.807) is 0 Å². The number of rotatable bonds is 5. The van der Waals surface area contributed by atoms with Gasteiger partial charge >= 0.3 is 0 Å². The molecule has 104 valence electrons. The van der Waals surface area contributed by atoms with Gasteiger partial charge in [0, 0.05) is 19.7 Å². The highest BCUT2D eigenvalue weighted by atomic mass is 16.5. The molecule has 0 aliphatic carbocycles. The van der Waals surface area contributed by atoms with Crippen LogP contribution in [0.15, 0.2) is 24.3 Å². The molecule has 4 nitrogen and oxygen atoms in total. The van der Waals surface area contributed by atoms with Crippen molar-refractivity contribution in [2.45, 2.75) is 38.3 Å². The van der Waals surface area contributed by atoms with Gasteiger partial charge < -0.3 is 15.8 Å². The maximum atomic E-state index is 12.0. The Bertz CT molecular complexity index is 440. The summed E-state index contributed by atoms with van der Waals surface area (Å²) in [6, 6.07) is 7.79. The van der Waals surface area contributed by atoms with Gasteiger partial charge in [0.2, 0.25) is 5.91 Å². The molecular formula is C15H22N2O2. The molecule has 1 fully saturated rings. The average Bonchev–Trinajstić information content (AvgIpc) is 2.85. The minimum absolute atomic E-state index is 0.0256. The van der Waals surface area contributed by atoms with Crippen LogP contribution in [-0.2, 0) is 22.5 Å². The van der Waals surface area contributed by atoms with Crippen LogP contribution >= 0.6 is 0 Å². The summed E-state index contributed by atoms with van der Waals surface area (Å²) >= 11 is 0. The zero-order valence-electron chi connectivity index (χ0n) is 11.4. The SMILES string of the molecule is CC1(CNC(=O)Cc2ccccc2CN)CCCO1. The molecule has 4 heteroatoms. The summed E-state index contributed by atoms with van der Waals surface area (Å²) in [5.74, 6) is 0.0256. The van der Waals surface area contributed by atoms with Crippen molar-refractivity contribution in [3.8, 4) is 0 Å². The number of carbonyl (C=O) groups excluding carboxylic acids is 1. The van der Waals surface area contributed by atoms with E-state index in [-0.39, 0.29) is 11.5 Å². The summed E-state index contributed by atoms with van der Waals surface area (Å²) < 4.78 is 5.65. The first-order valence-corrected chi connectivity index (χ1v) is 6.80. The van der Waals surface area contributed by atoms with Gasteiger partial charge in [0.1, 0.15) is 0 Å². The van der Waals surface area contributed by atoms with Gasteiger partial charge in [-0.05, 0) is 30.9 Å². The van der Waals surface area contributed by atoms with Gasteiger partial charge in [0.25, 0.3) is 0 Å². The van der Waals surface area contributed by atoms with Crippen LogP contribution in [0.4, 0.5) is 0 Å². The lowest BCUT2D eigenvalue weighted by atomic mass is 10.0. The first-order valence-electron chi connectivity index (χ1n) is 6.80. The minimum Gasteiger partial charge on any atom is -0.373 e. The van der Waals surface area contributed by atoms with Crippen LogP contribution in [0, 0.1) is 0 Å². The number of nitrogens with two attached hydrogens (primary N) is 1. The van der Waals surface area contributed by atoms with Gasteiger partial charge in [-0.25, -0.2) is 0 Å². The van der Waals surface area contributed by atoms with Crippen LogP contribution in [0.1, 0.15) is 30.9 Å². The van der Waals surface area contributed by atoms with Gasteiger partial charge in [-0.3, -0.25) is 4.79 Å². The molecule has 1 aliphatic rings. The molecule has 0 saturated carbocycles. The zero-order chi connectivity index (χ0) is 13.7. The molecule has 1 amide bonds. The van der Waals surface area contributed by atoms with Gasteiger partial charge in [-0.15, -0.1) is 0 Å². The molecule has 0 radical (unpaired) electrons. The normalized spacial score (nSPS) is 22.4. The lowest BCUT2D eigenvalue weighted by Gasteiger charge is -2.23. The van der Waals surface area contributed by atoms with Crippen LogP contribution in [0.3, 0.4) is 0 Å². The second kappa shape index (κ2) is 6.17. The third-order valence-electron chi connectivity index (χ3n) is 3.65. The van der Waals surface area contributed by atoms with Gasteiger partial charge in [0.15, 0.2) is 0 Å². The number of amides is 1. The number of nitrogens with one attached hydrogen (secondary N) is 1. The van der Waals surface area contributed by atoms with E-state index >= 15 is 0 Å². The summed E-state index contributed by atoms with van der Waals surface area (Å²) in [5.41, 5.74) is 7.51. The summed E-state index contributed by atoms with van der Waals surface area (Å²) in [5, 5.41) is 2.96. The third kappa shape index (κ3) is 3.78. The number of carbonyl (C=O) groups is 1. The van der Waals surface area contributed by atoms with Crippen LogP contribution < -0.4 is 11.1 Å². The number of hydrogen-bond acceptors (Lipinski definition) is 3. The Morgan fingerprint density at radius 1 is 1.42 bits per heavy atom. The summed E-state index contributed by atoms with van der Waals surface area (Å²) in [4.78, 5) is 12.0. The van der Waals surface area contributed by atoms with E-state index in [0.717, 1.165) is 30.6 Å². The van der Waals surface area contributed by atoms with E-state index in [1.165, 1.54) is 0 Å². The lowest BCUT2D eigenvalue weighted by Crippen LogP contribution is -2.40. The van der Waals surface area contributed by atoms with E-state index < -0.39 is 0 Å². The zero-order valence-corrected chi connectivity index (χ0v) is 11.4. The average molecular weight is 262 g/mol. The first kappa shape index (κ1) is 14.0. The highest BCUT2D eigenvalue weighted by Crippen LogP contribution is 2.23. The fourth-order valence-electron chi connectivity index (χ4n) is 2.43. The summed E-state index contributed by atoms with van der Waals surface area (Å²) in [6.07, 6.45) is 2.46. The number of hydrogen-bond donors (Lipinski definition) is 2. The first-order chi connectivity index (χ1) is 9.13. The predicted molar refractivity (Wildman–Crippen MR) is 74.6 cm³/mol. The Hall–Kier alpha value is -1.39. The molecule has 1 aliphatic heterocycles. The molecule has 3 N–H and O–H groups in total. The maximum absolute atomic E-state index is 12.0. The Kier molecular flexibility index (Phi) is 4.56. The molecule has 1 heterocycles. The fourth-order valence-corrected chi connectivity index (χ4v) is 2.43. The second-order valence-corrected chi connectivity index (χ2v) is 5.33. The van der Waals surface area contributed by atoms with Crippen molar-refractivity contribution in [1.29, 1.82) is 0 Å². The topological polar surface area (TPSA) is 64.4 Å². The monoisotopic (exact) mass is 262 g/mol. The molecule has 0 spiro atoms. The fraction of sp³-hybridized carbons (Fsp3) is 0.533. The number of ether oxygens (including phenoxy) is 1. The summed E-state index contributed by atoms with van der Waals surface area (Å²) in [6.45, 7) is 3.89. The quantitative estimate of drug-likeness (QED) is 0.842. The Labute approximate surface area is 114 Å². The van der Waals surface area contributed by atoms with E-state index in [1.807, 2.05) is 31.2 Å². The van der Waals surface area contributed by atoms with Crippen LogP contribution in [0.25, 0.3) is 0 Å².